The summed E-state index contributed by atoms with van der Waals surface area (Å²) in [6, 6.07) is 4.07. The van der Waals surface area contributed by atoms with Gasteiger partial charge in [-0.15, -0.1) is 0 Å². The molecule has 0 fully saturated rings. The van der Waals surface area contributed by atoms with E-state index >= 15 is 0 Å². The molecule has 3 aromatic rings. The van der Waals surface area contributed by atoms with E-state index in [9.17, 15) is 14.6 Å². The maximum absolute atomic E-state index is 13.2. The van der Waals surface area contributed by atoms with Crippen molar-refractivity contribution in [2.75, 3.05) is 23.8 Å². The lowest BCUT2D eigenvalue weighted by Crippen LogP contribution is -2.26. The molecule has 1 atom stereocenters. The molecule has 0 saturated heterocycles. The lowest BCUT2D eigenvalue weighted by molar-refractivity contribution is 0.0598. The van der Waals surface area contributed by atoms with Crippen LogP contribution in [0, 0.1) is 5.82 Å². The number of rotatable bonds is 11. The predicted molar refractivity (Wildman–Crippen MR) is 119 cm³/mol. The van der Waals surface area contributed by atoms with Gasteiger partial charge in [0.1, 0.15) is 16.9 Å². The van der Waals surface area contributed by atoms with Gasteiger partial charge in [0, 0.05) is 6.07 Å². The van der Waals surface area contributed by atoms with Gasteiger partial charge in [0.15, 0.2) is 11.6 Å². The summed E-state index contributed by atoms with van der Waals surface area (Å²) in [5.74, 6) is 0.564. The van der Waals surface area contributed by atoms with Gasteiger partial charge in [-0.05, 0) is 32.9 Å². The first-order valence-electron chi connectivity index (χ1n) is 10.1. The largest absolute Gasteiger partial charge is 0.475 e. The fourth-order valence-electron chi connectivity index (χ4n) is 2.66. The molecule has 3 rings (SSSR count). The molecule has 0 radical (unpaired) electrons. The molecule has 3 aromatic heterocycles. The van der Waals surface area contributed by atoms with E-state index in [0.29, 0.717) is 17.4 Å². The van der Waals surface area contributed by atoms with E-state index in [0.717, 1.165) is 6.20 Å². The number of hydrogen-bond donors (Lipinski definition) is 5. The van der Waals surface area contributed by atoms with Crippen LogP contribution >= 0.6 is 11.6 Å². The first-order chi connectivity index (χ1) is 15.8. The van der Waals surface area contributed by atoms with Gasteiger partial charge in [0.2, 0.25) is 17.7 Å². The molecule has 5 N–H and O–H groups in total. The Morgan fingerprint density at radius 2 is 1.91 bits per heavy atom. The molecule has 0 amide bonds. The van der Waals surface area contributed by atoms with E-state index in [1.807, 2.05) is 13.8 Å². The zero-order valence-corrected chi connectivity index (χ0v) is 19.0. The first kappa shape index (κ1) is 24.4. The molecule has 0 bridgehead atoms. The van der Waals surface area contributed by atoms with Gasteiger partial charge in [0.05, 0.1) is 37.3 Å². The highest BCUT2D eigenvalue weighted by Gasteiger charge is 2.20. The van der Waals surface area contributed by atoms with Gasteiger partial charge >= 0.3 is 0 Å². The van der Waals surface area contributed by atoms with Crippen LogP contribution in [-0.4, -0.2) is 60.8 Å². The maximum Gasteiger partial charge on any atom is 0.240 e. The van der Waals surface area contributed by atoms with Crippen molar-refractivity contribution in [1.82, 2.24) is 25.1 Å². The Morgan fingerprint density at radius 1 is 1.15 bits per heavy atom. The van der Waals surface area contributed by atoms with Crippen LogP contribution in [0.4, 0.5) is 22.0 Å². The number of nitrogens with zero attached hydrogens (tertiary/aromatic N) is 4. The normalized spacial score (nSPS) is 12.2. The van der Waals surface area contributed by atoms with Crippen LogP contribution in [0.2, 0.25) is 5.02 Å². The highest BCUT2D eigenvalue weighted by molar-refractivity contribution is 6.34. The van der Waals surface area contributed by atoms with Crippen molar-refractivity contribution < 1.29 is 24.1 Å². The first-order valence-corrected chi connectivity index (χ1v) is 10.5. The molecular weight excluding hydrogens is 457 g/mol. The van der Waals surface area contributed by atoms with E-state index in [-0.39, 0.29) is 28.8 Å². The van der Waals surface area contributed by atoms with E-state index < -0.39 is 31.2 Å². The topological polar surface area (TPSA) is 150 Å². The van der Waals surface area contributed by atoms with E-state index in [2.05, 4.69) is 35.8 Å². The van der Waals surface area contributed by atoms with E-state index in [4.69, 9.17) is 21.1 Å². The molecular formula is C20H25ClFN7O4. The number of aliphatic hydroxyl groups is 2. The standard InChI is InChI=1S/C20H25ClFN7O4/c1-10(2)32-16-6-15(28-29-16)25-18-17(21)19(33-13(8-30)9-31)27-20(26-18)24-11(3)14-5-4-12(22)7-23-14/h4-7,10-11,13,30-31H,8-9H2,1-3H3,(H3,24,25,26,27,28,29)/t11-/m0/s1. The number of ether oxygens (including phenoxy) is 2. The van der Waals surface area contributed by atoms with Gasteiger partial charge in [-0.1, -0.05) is 11.6 Å². The molecule has 0 spiro atoms. The highest BCUT2D eigenvalue weighted by atomic mass is 35.5. The fourth-order valence-corrected chi connectivity index (χ4v) is 2.83. The number of aromatic nitrogens is 5. The van der Waals surface area contributed by atoms with Crippen LogP contribution in [0.25, 0.3) is 0 Å². The van der Waals surface area contributed by atoms with Crippen molar-refractivity contribution in [1.29, 1.82) is 0 Å². The number of anilines is 3. The number of aliphatic hydroxyl groups excluding tert-OH is 2. The average molecular weight is 482 g/mol. The van der Waals surface area contributed by atoms with Gasteiger partial charge in [-0.2, -0.15) is 15.1 Å². The van der Waals surface area contributed by atoms with Crippen LogP contribution in [0.5, 0.6) is 11.8 Å². The number of nitrogens with one attached hydrogen (secondary N) is 3. The Morgan fingerprint density at radius 3 is 2.55 bits per heavy atom. The number of aromatic amines is 1. The van der Waals surface area contributed by atoms with Crippen LogP contribution < -0.4 is 20.1 Å². The Balaban J connectivity index is 1.89. The number of hydrogen-bond acceptors (Lipinski definition) is 10. The summed E-state index contributed by atoms with van der Waals surface area (Å²) in [4.78, 5) is 12.7. The summed E-state index contributed by atoms with van der Waals surface area (Å²) in [7, 11) is 0. The Bertz CT molecular complexity index is 1050. The second kappa shape index (κ2) is 11.1. The Kier molecular flexibility index (Phi) is 8.20. The monoisotopic (exact) mass is 481 g/mol. The van der Waals surface area contributed by atoms with Gasteiger partial charge < -0.3 is 30.3 Å². The summed E-state index contributed by atoms with van der Waals surface area (Å²) in [6.45, 7) is 4.65. The van der Waals surface area contributed by atoms with Crippen molar-refractivity contribution in [2.45, 2.75) is 39.0 Å². The molecule has 0 aliphatic heterocycles. The molecule has 0 aliphatic rings. The van der Waals surface area contributed by atoms with Crippen molar-refractivity contribution in [2.24, 2.45) is 0 Å². The smallest absolute Gasteiger partial charge is 0.240 e. The predicted octanol–water partition coefficient (Wildman–Crippen LogP) is 2.82. The third-order valence-electron chi connectivity index (χ3n) is 4.21. The third-order valence-corrected chi connectivity index (χ3v) is 4.55. The van der Waals surface area contributed by atoms with Crippen LogP contribution in [0.1, 0.15) is 32.5 Å². The number of halogens is 2. The summed E-state index contributed by atoms with van der Waals surface area (Å²) in [5, 5.41) is 31.6. The van der Waals surface area contributed by atoms with Crippen molar-refractivity contribution in [3.05, 3.63) is 40.9 Å². The summed E-state index contributed by atoms with van der Waals surface area (Å²) in [6.07, 6.45) is 0.122. The van der Waals surface area contributed by atoms with Crippen LogP contribution in [-0.2, 0) is 0 Å². The number of H-pyrrole nitrogens is 1. The molecule has 11 nitrogen and oxygen atoms in total. The molecule has 0 saturated carbocycles. The van der Waals surface area contributed by atoms with Gasteiger partial charge in [-0.3, -0.25) is 4.98 Å². The molecule has 0 aliphatic carbocycles. The Hall–Kier alpha value is -3.22. The van der Waals surface area contributed by atoms with E-state index in [1.165, 1.54) is 12.1 Å². The summed E-state index contributed by atoms with van der Waals surface area (Å²) >= 11 is 6.42. The van der Waals surface area contributed by atoms with Crippen molar-refractivity contribution >= 4 is 29.2 Å². The molecule has 0 aromatic carbocycles. The minimum atomic E-state index is -0.939. The molecule has 178 valence electrons. The molecule has 13 heteroatoms. The lowest BCUT2D eigenvalue weighted by Gasteiger charge is -2.19. The van der Waals surface area contributed by atoms with Gasteiger partial charge in [-0.25, -0.2) is 9.49 Å². The van der Waals surface area contributed by atoms with Crippen LogP contribution in [0.15, 0.2) is 24.4 Å². The van der Waals surface area contributed by atoms with Crippen molar-refractivity contribution in [3.8, 4) is 11.8 Å². The second-order valence-corrected chi connectivity index (χ2v) is 7.67. The lowest BCUT2D eigenvalue weighted by atomic mass is 10.2. The van der Waals surface area contributed by atoms with Crippen molar-refractivity contribution in [3.63, 3.8) is 0 Å². The SMILES string of the molecule is CC(C)Oc1cc(Nc2nc(N[C@@H](C)c3ccc(F)cn3)nc(OC(CO)CO)c2Cl)n[nH]1. The van der Waals surface area contributed by atoms with E-state index in [1.54, 1.807) is 13.0 Å². The van der Waals surface area contributed by atoms with Gasteiger partial charge in [0.25, 0.3) is 0 Å². The zero-order chi connectivity index (χ0) is 24.0. The summed E-state index contributed by atoms with van der Waals surface area (Å²) < 4.78 is 24.3. The average Bonchev–Trinajstić information content (AvgIpc) is 3.21. The summed E-state index contributed by atoms with van der Waals surface area (Å²) in [5.41, 5.74) is 0.554. The van der Waals surface area contributed by atoms with Crippen LogP contribution in [0.3, 0.4) is 0 Å². The molecule has 0 unspecified atom stereocenters. The Labute approximate surface area is 194 Å². The molecule has 3 heterocycles. The third kappa shape index (κ3) is 6.63. The minimum absolute atomic E-state index is 0.00865. The minimum Gasteiger partial charge on any atom is -0.475 e. The maximum atomic E-state index is 13.2. The quantitative estimate of drug-likeness (QED) is 0.276. The fraction of sp³-hybridized carbons (Fsp3) is 0.400. The second-order valence-electron chi connectivity index (χ2n) is 7.30. The molecule has 33 heavy (non-hydrogen) atoms. The highest BCUT2D eigenvalue weighted by Crippen LogP contribution is 2.34. The zero-order valence-electron chi connectivity index (χ0n) is 18.2. The number of pyridine rings is 1.